The monoisotopic (exact) mass is 230 g/mol. The first-order valence-electron chi connectivity index (χ1n) is 5.83. The smallest absolute Gasteiger partial charge is 0.120 e. The molecule has 92 valence electrons. The van der Waals surface area contributed by atoms with Crippen LogP contribution < -0.4 is 0 Å². The SMILES string of the molecule is C=C(/C=C\C)OC(=C)/C=C\C=C/CC/C=C\C. The third kappa shape index (κ3) is 10.5. The average molecular weight is 230 g/mol. The zero-order chi connectivity index (χ0) is 12.9. The summed E-state index contributed by atoms with van der Waals surface area (Å²) < 4.78 is 5.33. The average Bonchev–Trinajstić information content (AvgIpc) is 2.28. The molecular formula is C16H22O. The van der Waals surface area contributed by atoms with Gasteiger partial charge in [-0.3, -0.25) is 0 Å². The maximum atomic E-state index is 5.33. The fourth-order valence-corrected chi connectivity index (χ4v) is 1.12. The second-order valence-electron chi connectivity index (χ2n) is 3.47. The Balaban J connectivity index is 3.84. The lowest BCUT2D eigenvalue weighted by Gasteiger charge is -2.02. The quantitative estimate of drug-likeness (QED) is 0.245. The van der Waals surface area contributed by atoms with Gasteiger partial charge in [0.1, 0.15) is 11.5 Å². The molecule has 1 nitrogen and oxygen atoms in total. The number of hydrogen-bond acceptors (Lipinski definition) is 1. The Labute approximate surface area is 105 Å². The minimum Gasteiger partial charge on any atom is -0.459 e. The zero-order valence-corrected chi connectivity index (χ0v) is 10.9. The fourth-order valence-electron chi connectivity index (χ4n) is 1.12. The van der Waals surface area contributed by atoms with Crippen LogP contribution in [0.1, 0.15) is 26.7 Å². The van der Waals surface area contributed by atoms with E-state index in [-0.39, 0.29) is 0 Å². The normalized spacial score (nSPS) is 12.1. The van der Waals surface area contributed by atoms with Crippen LogP contribution in [0.25, 0.3) is 0 Å². The van der Waals surface area contributed by atoms with E-state index in [1.54, 1.807) is 6.08 Å². The zero-order valence-electron chi connectivity index (χ0n) is 10.9. The molecule has 0 unspecified atom stereocenters. The van der Waals surface area contributed by atoms with E-state index < -0.39 is 0 Å². The van der Waals surface area contributed by atoms with Crippen molar-refractivity contribution in [1.82, 2.24) is 0 Å². The van der Waals surface area contributed by atoms with Gasteiger partial charge in [-0.2, -0.15) is 0 Å². The number of rotatable bonds is 8. The molecule has 0 saturated heterocycles. The van der Waals surface area contributed by atoms with E-state index in [0.717, 1.165) is 12.8 Å². The van der Waals surface area contributed by atoms with Gasteiger partial charge in [0.25, 0.3) is 0 Å². The first-order valence-corrected chi connectivity index (χ1v) is 5.83. The minimum absolute atomic E-state index is 0.589. The Morgan fingerprint density at radius 3 is 2.18 bits per heavy atom. The Morgan fingerprint density at radius 2 is 1.53 bits per heavy atom. The van der Waals surface area contributed by atoms with Gasteiger partial charge in [0, 0.05) is 0 Å². The van der Waals surface area contributed by atoms with Crippen molar-refractivity contribution in [3.8, 4) is 0 Å². The van der Waals surface area contributed by atoms with Crippen LogP contribution in [0.3, 0.4) is 0 Å². The highest BCUT2D eigenvalue weighted by atomic mass is 16.5. The number of allylic oxidation sites excluding steroid dienone is 8. The summed E-state index contributed by atoms with van der Waals surface area (Å²) >= 11 is 0. The molecule has 1 heteroatoms. The molecule has 0 aromatic heterocycles. The molecule has 0 rings (SSSR count). The molecule has 0 amide bonds. The lowest BCUT2D eigenvalue weighted by molar-refractivity contribution is 0.340. The van der Waals surface area contributed by atoms with Gasteiger partial charge in [0.2, 0.25) is 0 Å². The van der Waals surface area contributed by atoms with Gasteiger partial charge in [0.05, 0.1) is 0 Å². The van der Waals surface area contributed by atoms with E-state index >= 15 is 0 Å². The predicted molar refractivity (Wildman–Crippen MR) is 76.5 cm³/mol. The second kappa shape index (κ2) is 10.7. The van der Waals surface area contributed by atoms with Crippen LogP contribution in [0.15, 0.2) is 73.3 Å². The molecule has 17 heavy (non-hydrogen) atoms. The molecule has 0 aliphatic heterocycles. The molecule has 0 heterocycles. The summed E-state index contributed by atoms with van der Waals surface area (Å²) in [7, 11) is 0. The number of ether oxygens (including phenoxy) is 1. The van der Waals surface area contributed by atoms with Crippen LogP contribution in [0.5, 0.6) is 0 Å². The molecule has 0 aromatic carbocycles. The lowest BCUT2D eigenvalue weighted by atomic mass is 10.2. The van der Waals surface area contributed by atoms with Gasteiger partial charge in [0.15, 0.2) is 0 Å². The highest BCUT2D eigenvalue weighted by Gasteiger charge is 1.89. The lowest BCUT2D eigenvalue weighted by Crippen LogP contribution is -1.84. The van der Waals surface area contributed by atoms with Crippen molar-refractivity contribution in [2.24, 2.45) is 0 Å². The van der Waals surface area contributed by atoms with Gasteiger partial charge >= 0.3 is 0 Å². The minimum atomic E-state index is 0.589. The maximum Gasteiger partial charge on any atom is 0.120 e. The summed E-state index contributed by atoms with van der Waals surface area (Å²) in [5, 5.41) is 0. The van der Waals surface area contributed by atoms with E-state index in [4.69, 9.17) is 4.74 Å². The highest BCUT2D eigenvalue weighted by Crippen LogP contribution is 2.05. The Morgan fingerprint density at radius 1 is 0.882 bits per heavy atom. The first kappa shape index (κ1) is 15.2. The summed E-state index contributed by atoms with van der Waals surface area (Å²) in [6.45, 7) is 11.5. The van der Waals surface area contributed by atoms with Crippen LogP contribution in [-0.2, 0) is 4.74 Å². The third-order valence-electron chi connectivity index (χ3n) is 1.88. The summed E-state index contributed by atoms with van der Waals surface area (Å²) in [6.07, 6.45) is 17.9. The Bertz CT molecular complexity index is 341. The molecule has 0 bridgehead atoms. The van der Waals surface area contributed by atoms with Gasteiger partial charge in [-0.25, -0.2) is 0 Å². The van der Waals surface area contributed by atoms with Crippen LogP contribution in [-0.4, -0.2) is 0 Å². The first-order chi connectivity index (χ1) is 8.20. The van der Waals surface area contributed by atoms with Gasteiger partial charge in [-0.05, 0) is 38.8 Å². The largest absolute Gasteiger partial charge is 0.459 e. The topological polar surface area (TPSA) is 9.23 Å². The van der Waals surface area contributed by atoms with Crippen molar-refractivity contribution >= 4 is 0 Å². The van der Waals surface area contributed by atoms with Crippen molar-refractivity contribution in [3.63, 3.8) is 0 Å². The van der Waals surface area contributed by atoms with E-state index in [1.165, 1.54) is 0 Å². The fraction of sp³-hybridized carbons (Fsp3) is 0.250. The molecule has 0 fully saturated rings. The molecule has 0 aromatic rings. The molecule has 0 aliphatic rings. The summed E-state index contributed by atoms with van der Waals surface area (Å²) in [5.74, 6) is 1.19. The summed E-state index contributed by atoms with van der Waals surface area (Å²) in [6, 6.07) is 0. The molecule has 0 atom stereocenters. The van der Waals surface area contributed by atoms with Crippen LogP contribution in [0, 0.1) is 0 Å². The third-order valence-corrected chi connectivity index (χ3v) is 1.88. The number of unbranched alkanes of at least 4 members (excludes halogenated alkanes) is 1. The van der Waals surface area contributed by atoms with Crippen LogP contribution >= 0.6 is 0 Å². The van der Waals surface area contributed by atoms with Crippen molar-refractivity contribution in [1.29, 1.82) is 0 Å². The molecular weight excluding hydrogens is 208 g/mol. The number of hydrogen-bond donors (Lipinski definition) is 0. The highest BCUT2D eigenvalue weighted by molar-refractivity contribution is 5.18. The predicted octanol–water partition coefficient (Wildman–Crippen LogP) is 5.08. The molecule has 0 saturated carbocycles. The van der Waals surface area contributed by atoms with Crippen LogP contribution in [0.4, 0.5) is 0 Å². The van der Waals surface area contributed by atoms with Crippen molar-refractivity contribution < 1.29 is 4.74 Å². The van der Waals surface area contributed by atoms with Crippen LogP contribution in [0.2, 0.25) is 0 Å². The van der Waals surface area contributed by atoms with Crippen molar-refractivity contribution in [2.45, 2.75) is 26.7 Å². The summed E-state index contributed by atoms with van der Waals surface area (Å²) in [5.41, 5.74) is 0. The van der Waals surface area contributed by atoms with E-state index in [1.807, 2.05) is 38.2 Å². The molecule has 0 spiro atoms. The second-order valence-corrected chi connectivity index (χ2v) is 3.47. The summed E-state index contributed by atoms with van der Waals surface area (Å²) in [4.78, 5) is 0. The maximum absolute atomic E-state index is 5.33. The van der Waals surface area contributed by atoms with E-state index in [0.29, 0.717) is 11.5 Å². The molecule has 0 aliphatic carbocycles. The molecule has 0 N–H and O–H groups in total. The van der Waals surface area contributed by atoms with Crippen molar-refractivity contribution in [2.75, 3.05) is 0 Å². The van der Waals surface area contributed by atoms with Gasteiger partial charge in [-0.1, -0.05) is 49.6 Å². The standard InChI is InChI=1S/C16H22O/c1-5-7-8-9-10-11-12-14-16(4)17-15(3)13-6-2/h5-7,10-14H,3-4,8-9H2,1-2H3/b7-5-,11-10-,13-6-,14-12-. The van der Waals surface area contributed by atoms with Gasteiger partial charge < -0.3 is 4.74 Å². The van der Waals surface area contributed by atoms with Crippen molar-refractivity contribution in [3.05, 3.63) is 73.3 Å². The Hall–Kier alpha value is -1.76. The van der Waals surface area contributed by atoms with Gasteiger partial charge in [-0.15, -0.1) is 0 Å². The molecule has 0 radical (unpaired) electrons. The van der Waals surface area contributed by atoms with E-state index in [9.17, 15) is 0 Å². The Kier molecular flexibility index (Phi) is 9.64. The van der Waals surface area contributed by atoms with E-state index in [2.05, 4.69) is 31.4 Å².